The van der Waals surface area contributed by atoms with Gasteiger partial charge in [0.15, 0.2) is 0 Å². The number of benzene rings is 1. The summed E-state index contributed by atoms with van der Waals surface area (Å²) in [6, 6.07) is 4.15. The summed E-state index contributed by atoms with van der Waals surface area (Å²) in [4.78, 5) is 13.9. The predicted molar refractivity (Wildman–Crippen MR) is 81.3 cm³/mol. The molecule has 2 rings (SSSR count). The van der Waals surface area contributed by atoms with Gasteiger partial charge in [-0.1, -0.05) is 25.2 Å². The first kappa shape index (κ1) is 14.7. The number of nitrogens with zero attached hydrogens (tertiary/aromatic N) is 1. The van der Waals surface area contributed by atoms with Crippen molar-refractivity contribution < 1.29 is 9.18 Å². The zero-order valence-electron chi connectivity index (χ0n) is 11.4. The van der Waals surface area contributed by atoms with Gasteiger partial charge in [0.2, 0.25) is 0 Å². The molecule has 0 spiro atoms. The maximum absolute atomic E-state index is 13.7. The van der Waals surface area contributed by atoms with Crippen molar-refractivity contribution in [3.63, 3.8) is 0 Å². The molecule has 1 aliphatic rings. The molecule has 4 nitrogen and oxygen atoms in total. The highest BCUT2D eigenvalue weighted by Gasteiger charge is 2.22. The smallest absolute Gasteiger partial charge is 0.321 e. The number of thiocarbonyl (C=S) groups is 1. The van der Waals surface area contributed by atoms with Crippen molar-refractivity contribution in [2.24, 2.45) is 11.7 Å². The Bertz CT molecular complexity index is 535. The Balaban J connectivity index is 2.15. The number of nitrogens with one attached hydrogen (secondary N) is 1. The van der Waals surface area contributed by atoms with Crippen LogP contribution in [0.25, 0.3) is 0 Å². The Kier molecular flexibility index (Phi) is 4.54. The van der Waals surface area contributed by atoms with E-state index in [4.69, 9.17) is 18.0 Å². The van der Waals surface area contributed by atoms with Crippen molar-refractivity contribution in [1.82, 2.24) is 4.90 Å². The minimum absolute atomic E-state index is 0.0644. The first-order valence-electron chi connectivity index (χ1n) is 6.63. The highest BCUT2D eigenvalue weighted by Crippen LogP contribution is 2.21. The van der Waals surface area contributed by atoms with Crippen LogP contribution in [0.15, 0.2) is 18.2 Å². The molecule has 0 aliphatic carbocycles. The van der Waals surface area contributed by atoms with Crippen LogP contribution in [0.4, 0.5) is 14.9 Å². The topological polar surface area (TPSA) is 58.4 Å². The summed E-state index contributed by atoms with van der Waals surface area (Å²) < 4.78 is 13.7. The van der Waals surface area contributed by atoms with Crippen molar-refractivity contribution in [2.45, 2.75) is 19.8 Å². The van der Waals surface area contributed by atoms with E-state index in [1.54, 1.807) is 11.0 Å². The highest BCUT2D eigenvalue weighted by molar-refractivity contribution is 7.80. The number of piperidine rings is 1. The molecule has 0 bridgehead atoms. The quantitative estimate of drug-likeness (QED) is 0.825. The summed E-state index contributed by atoms with van der Waals surface area (Å²) in [5.74, 6) is -0.0422. The average Bonchev–Trinajstić information content (AvgIpc) is 2.38. The Morgan fingerprint density at radius 2 is 2.30 bits per heavy atom. The second-order valence-corrected chi connectivity index (χ2v) is 5.59. The number of likely N-dealkylation sites (tertiary alicyclic amines) is 1. The van der Waals surface area contributed by atoms with Gasteiger partial charge in [-0.2, -0.15) is 0 Å². The van der Waals surface area contributed by atoms with E-state index in [9.17, 15) is 9.18 Å². The molecule has 0 radical (unpaired) electrons. The second-order valence-electron chi connectivity index (χ2n) is 5.15. The Hall–Kier alpha value is -1.69. The van der Waals surface area contributed by atoms with Crippen LogP contribution in [0, 0.1) is 11.7 Å². The van der Waals surface area contributed by atoms with Gasteiger partial charge in [0.25, 0.3) is 0 Å². The van der Waals surface area contributed by atoms with Crippen LogP contribution in [-0.4, -0.2) is 29.0 Å². The van der Waals surface area contributed by atoms with Crippen LogP contribution in [0.2, 0.25) is 0 Å². The van der Waals surface area contributed by atoms with E-state index in [-0.39, 0.29) is 16.6 Å². The molecule has 1 atom stereocenters. The van der Waals surface area contributed by atoms with E-state index in [1.807, 2.05) is 0 Å². The molecule has 1 unspecified atom stereocenters. The maximum Gasteiger partial charge on any atom is 0.321 e. The second kappa shape index (κ2) is 6.17. The molecule has 1 aromatic rings. The minimum Gasteiger partial charge on any atom is -0.389 e. The van der Waals surface area contributed by atoms with Gasteiger partial charge < -0.3 is 16.0 Å². The molecule has 1 aliphatic heterocycles. The lowest BCUT2D eigenvalue weighted by Crippen LogP contribution is -2.41. The third kappa shape index (κ3) is 3.25. The highest BCUT2D eigenvalue weighted by atomic mass is 32.1. The van der Waals surface area contributed by atoms with Crippen LogP contribution in [0.3, 0.4) is 0 Å². The summed E-state index contributed by atoms with van der Waals surface area (Å²) >= 11 is 4.84. The van der Waals surface area contributed by atoms with Crippen LogP contribution in [-0.2, 0) is 0 Å². The van der Waals surface area contributed by atoms with Gasteiger partial charge in [0, 0.05) is 13.1 Å². The molecule has 108 valence electrons. The van der Waals surface area contributed by atoms with Gasteiger partial charge in [0.05, 0.1) is 11.3 Å². The fourth-order valence-corrected chi connectivity index (χ4v) is 2.65. The predicted octanol–water partition coefficient (Wildman–Crippen LogP) is 2.72. The van der Waals surface area contributed by atoms with Gasteiger partial charge in [-0.25, -0.2) is 9.18 Å². The SMILES string of the molecule is CC1CCCN(C(=O)Nc2cccc(F)c2C(N)=S)C1. The Labute approximate surface area is 123 Å². The summed E-state index contributed by atoms with van der Waals surface area (Å²) in [5.41, 5.74) is 5.92. The molecule has 2 amide bonds. The molecule has 1 aromatic carbocycles. The fourth-order valence-electron chi connectivity index (χ4n) is 2.45. The number of carbonyl (C=O) groups excluding carboxylic acids is 1. The molecule has 1 heterocycles. The van der Waals surface area contributed by atoms with Crippen molar-refractivity contribution in [3.8, 4) is 0 Å². The van der Waals surface area contributed by atoms with E-state index in [1.165, 1.54) is 12.1 Å². The monoisotopic (exact) mass is 295 g/mol. The zero-order chi connectivity index (χ0) is 14.7. The Morgan fingerprint density at radius 3 is 2.95 bits per heavy atom. The lowest BCUT2D eigenvalue weighted by atomic mass is 10.0. The van der Waals surface area contributed by atoms with Gasteiger partial charge in [0.1, 0.15) is 10.8 Å². The standard InChI is InChI=1S/C14H18FN3OS/c1-9-4-3-7-18(8-9)14(19)17-11-6-2-5-10(15)12(11)13(16)20/h2,5-6,9H,3-4,7-8H2,1H3,(H2,16,20)(H,17,19). The zero-order valence-corrected chi connectivity index (χ0v) is 12.2. The number of amides is 2. The minimum atomic E-state index is -0.526. The van der Waals surface area contributed by atoms with Crippen molar-refractivity contribution >= 4 is 28.9 Å². The van der Waals surface area contributed by atoms with E-state index in [0.29, 0.717) is 24.7 Å². The van der Waals surface area contributed by atoms with E-state index >= 15 is 0 Å². The van der Waals surface area contributed by atoms with Gasteiger partial charge >= 0.3 is 6.03 Å². The third-order valence-corrected chi connectivity index (χ3v) is 3.65. The fraction of sp³-hybridized carbons (Fsp3) is 0.429. The first-order chi connectivity index (χ1) is 9.49. The van der Waals surface area contributed by atoms with E-state index in [2.05, 4.69) is 12.2 Å². The lowest BCUT2D eigenvalue weighted by molar-refractivity contribution is 0.182. The first-order valence-corrected chi connectivity index (χ1v) is 7.04. The number of hydrogen-bond donors (Lipinski definition) is 2. The van der Waals surface area contributed by atoms with Crippen molar-refractivity contribution in [1.29, 1.82) is 0 Å². The molecular formula is C14H18FN3OS. The normalized spacial score (nSPS) is 18.7. The number of nitrogens with two attached hydrogens (primary N) is 1. The lowest BCUT2D eigenvalue weighted by Gasteiger charge is -2.31. The van der Waals surface area contributed by atoms with Crippen LogP contribution in [0.5, 0.6) is 0 Å². The van der Waals surface area contributed by atoms with Crippen molar-refractivity contribution in [3.05, 3.63) is 29.6 Å². The number of rotatable bonds is 2. The largest absolute Gasteiger partial charge is 0.389 e. The summed E-state index contributed by atoms with van der Waals surface area (Å²) in [6.07, 6.45) is 2.11. The molecule has 1 saturated heterocycles. The summed E-state index contributed by atoms with van der Waals surface area (Å²) in [6.45, 7) is 3.54. The van der Waals surface area contributed by atoms with E-state index in [0.717, 1.165) is 12.8 Å². The Morgan fingerprint density at radius 1 is 1.55 bits per heavy atom. The maximum atomic E-state index is 13.7. The number of halogens is 1. The number of carbonyl (C=O) groups is 1. The van der Waals surface area contributed by atoms with Crippen LogP contribution >= 0.6 is 12.2 Å². The summed E-state index contributed by atoms with van der Waals surface area (Å²) in [7, 11) is 0. The van der Waals surface area contributed by atoms with Crippen LogP contribution in [0.1, 0.15) is 25.3 Å². The van der Waals surface area contributed by atoms with Gasteiger partial charge in [-0.3, -0.25) is 0 Å². The molecule has 6 heteroatoms. The molecule has 0 aromatic heterocycles. The molecule has 1 fully saturated rings. The van der Waals surface area contributed by atoms with Crippen molar-refractivity contribution in [2.75, 3.05) is 18.4 Å². The number of anilines is 1. The third-order valence-electron chi connectivity index (χ3n) is 3.45. The molecule has 20 heavy (non-hydrogen) atoms. The van der Waals surface area contributed by atoms with Gasteiger partial charge in [-0.15, -0.1) is 0 Å². The van der Waals surface area contributed by atoms with Crippen LogP contribution < -0.4 is 11.1 Å². The molecule has 0 saturated carbocycles. The van der Waals surface area contributed by atoms with Gasteiger partial charge in [-0.05, 0) is 30.9 Å². The summed E-state index contributed by atoms with van der Waals surface area (Å²) in [5, 5.41) is 2.70. The van der Waals surface area contributed by atoms with E-state index < -0.39 is 5.82 Å². The number of hydrogen-bond acceptors (Lipinski definition) is 2. The number of urea groups is 1. The molecule has 3 N–H and O–H groups in total. The molecular weight excluding hydrogens is 277 g/mol. The average molecular weight is 295 g/mol.